The molecule has 0 aromatic heterocycles. The fourth-order valence-corrected chi connectivity index (χ4v) is 3.44. The van der Waals surface area contributed by atoms with Gasteiger partial charge < -0.3 is 5.32 Å². The molecule has 1 saturated heterocycles. The molecule has 0 radical (unpaired) electrons. The molecule has 0 saturated carbocycles. The summed E-state index contributed by atoms with van der Waals surface area (Å²) in [5, 5.41) is 3.68. The summed E-state index contributed by atoms with van der Waals surface area (Å²) in [4.78, 5) is 2.56. The minimum atomic E-state index is -0.191. The highest BCUT2D eigenvalue weighted by atomic mass is 79.9. The smallest absolute Gasteiger partial charge is 0.137 e. The van der Waals surface area contributed by atoms with Gasteiger partial charge in [0, 0.05) is 31.7 Å². The summed E-state index contributed by atoms with van der Waals surface area (Å²) < 4.78 is 13.9. The summed E-state index contributed by atoms with van der Waals surface area (Å²) in [6.45, 7) is 9.79. The van der Waals surface area contributed by atoms with Gasteiger partial charge in [-0.05, 0) is 46.0 Å². The van der Waals surface area contributed by atoms with Gasteiger partial charge in [0.05, 0.1) is 4.47 Å². The second kappa shape index (κ2) is 7.70. The van der Waals surface area contributed by atoms with Crippen LogP contribution in [0, 0.1) is 11.7 Å². The number of piperazine rings is 1. The Morgan fingerprint density at radius 3 is 2.81 bits per heavy atom. The average molecular weight is 357 g/mol. The van der Waals surface area contributed by atoms with E-state index >= 15 is 0 Å². The van der Waals surface area contributed by atoms with Gasteiger partial charge in [-0.15, -0.1) is 0 Å². The third kappa shape index (κ3) is 4.51. The Kier molecular flexibility index (Phi) is 6.20. The Morgan fingerprint density at radius 1 is 1.43 bits per heavy atom. The fourth-order valence-electron chi connectivity index (χ4n) is 3.01. The van der Waals surface area contributed by atoms with E-state index in [1.807, 2.05) is 12.1 Å². The van der Waals surface area contributed by atoms with Crippen LogP contribution in [0.4, 0.5) is 4.39 Å². The molecule has 1 aromatic carbocycles. The molecule has 21 heavy (non-hydrogen) atoms. The van der Waals surface area contributed by atoms with Crippen molar-refractivity contribution in [3.05, 3.63) is 34.1 Å². The molecular weight excluding hydrogens is 331 g/mol. The summed E-state index contributed by atoms with van der Waals surface area (Å²) in [6, 6.07) is 6.48. The average Bonchev–Trinajstić information content (AvgIpc) is 2.45. The van der Waals surface area contributed by atoms with Gasteiger partial charge in [-0.1, -0.05) is 33.3 Å². The maximum Gasteiger partial charge on any atom is 0.137 e. The van der Waals surface area contributed by atoms with Crippen LogP contribution in [0.2, 0.25) is 0 Å². The highest BCUT2D eigenvalue weighted by molar-refractivity contribution is 9.10. The molecule has 2 rings (SSSR count). The van der Waals surface area contributed by atoms with Crippen LogP contribution in [-0.4, -0.2) is 30.1 Å². The van der Waals surface area contributed by atoms with Crippen molar-refractivity contribution < 1.29 is 4.39 Å². The monoisotopic (exact) mass is 356 g/mol. The zero-order valence-corrected chi connectivity index (χ0v) is 14.8. The van der Waals surface area contributed by atoms with Crippen LogP contribution >= 0.6 is 15.9 Å². The zero-order valence-electron chi connectivity index (χ0n) is 13.2. The molecule has 118 valence electrons. The summed E-state index contributed by atoms with van der Waals surface area (Å²) in [6.07, 6.45) is 2.41. The van der Waals surface area contributed by atoms with Gasteiger partial charge in [-0.25, -0.2) is 4.39 Å². The third-order valence-corrected chi connectivity index (χ3v) is 4.97. The lowest BCUT2D eigenvalue weighted by atomic mass is 9.97. The lowest BCUT2D eigenvalue weighted by Crippen LogP contribution is -2.57. The van der Waals surface area contributed by atoms with Crippen LogP contribution in [0.1, 0.15) is 39.2 Å². The van der Waals surface area contributed by atoms with Crippen molar-refractivity contribution in [3.8, 4) is 0 Å². The molecule has 1 aromatic rings. The van der Waals surface area contributed by atoms with Crippen LogP contribution in [0.3, 0.4) is 0 Å². The minimum Gasteiger partial charge on any atom is -0.311 e. The predicted octanol–water partition coefficient (Wildman–Crippen LogP) is 4.19. The van der Waals surface area contributed by atoms with Crippen LogP contribution in [0.15, 0.2) is 22.7 Å². The molecule has 2 unspecified atom stereocenters. The largest absolute Gasteiger partial charge is 0.311 e. The van der Waals surface area contributed by atoms with Crippen LogP contribution < -0.4 is 5.32 Å². The molecule has 2 atom stereocenters. The zero-order chi connectivity index (χ0) is 15.4. The lowest BCUT2D eigenvalue weighted by Gasteiger charge is -2.42. The maximum absolute atomic E-state index is 13.4. The molecule has 0 aliphatic carbocycles. The van der Waals surface area contributed by atoms with Gasteiger partial charge in [0.25, 0.3) is 0 Å². The quantitative estimate of drug-likeness (QED) is 0.850. The van der Waals surface area contributed by atoms with E-state index < -0.39 is 0 Å². The predicted molar refractivity (Wildman–Crippen MR) is 89.8 cm³/mol. The molecule has 1 aliphatic rings. The van der Waals surface area contributed by atoms with Crippen LogP contribution in [-0.2, 0) is 6.54 Å². The minimum absolute atomic E-state index is 0.191. The summed E-state index contributed by atoms with van der Waals surface area (Å²) >= 11 is 3.29. The van der Waals surface area contributed by atoms with Gasteiger partial charge in [-0.3, -0.25) is 4.90 Å². The van der Waals surface area contributed by atoms with E-state index in [2.05, 4.69) is 46.9 Å². The number of nitrogens with one attached hydrogen (secondary N) is 1. The molecule has 0 spiro atoms. The summed E-state index contributed by atoms with van der Waals surface area (Å²) in [5.41, 5.74) is 1.17. The van der Waals surface area contributed by atoms with E-state index in [0.29, 0.717) is 22.5 Å². The third-order valence-electron chi connectivity index (χ3n) is 4.36. The topological polar surface area (TPSA) is 15.3 Å². The van der Waals surface area contributed by atoms with Crippen molar-refractivity contribution in [2.24, 2.45) is 5.92 Å². The van der Waals surface area contributed by atoms with Crippen molar-refractivity contribution in [3.63, 3.8) is 0 Å². The van der Waals surface area contributed by atoms with E-state index in [1.165, 1.54) is 18.4 Å². The van der Waals surface area contributed by atoms with Crippen molar-refractivity contribution >= 4 is 15.9 Å². The van der Waals surface area contributed by atoms with Gasteiger partial charge >= 0.3 is 0 Å². The molecule has 0 bridgehead atoms. The van der Waals surface area contributed by atoms with Gasteiger partial charge in [0.15, 0.2) is 0 Å². The van der Waals surface area contributed by atoms with Crippen LogP contribution in [0.5, 0.6) is 0 Å². The number of hydrogen-bond donors (Lipinski definition) is 1. The standard InChI is InChI=1S/C17H26BrFN2/c1-4-5-14-9-20-17(12(2)3)11-21(14)10-13-6-7-16(19)15(18)8-13/h6-8,12,14,17,20H,4-5,9-11H2,1-3H3. The molecule has 1 aliphatic heterocycles. The Balaban J connectivity index is 2.09. The fraction of sp³-hybridized carbons (Fsp3) is 0.647. The SMILES string of the molecule is CCCC1CNC(C(C)C)CN1Cc1ccc(F)c(Br)c1. The van der Waals surface area contributed by atoms with Crippen molar-refractivity contribution in [1.82, 2.24) is 10.2 Å². The van der Waals surface area contributed by atoms with E-state index in [1.54, 1.807) is 6.07 Å². The molecular formula is C17H26BrFN2. The first-order chi connectivity index (χ1) is 10.0. The number of nitrogens with zero attached hydrogens (tertiary/aromatic N) is 1. The van der Waals surface area contributed by atoms with Crippen molar-refractivity contribution in [2.45, 2.75) is 52.2 Å². The highest BCUT2D eigenvalue weighted by Gasteiger charge is 2.28. The van der Waals surface area contributed by atoms with Crippen molar-refractivity contribution in [2.75, 3.05) is 13.1 Å². The normalized spacial score (nSPS) is 23.7. The number of rotatable bonds is 5. The van der Waals surface area contributed by atoms with Gasteiger partial charge in [-0.2, -0.15) is 0 Å². The molecule has 0 amide bonds. The number of benzene rings is 1. The lowest BCUT2D eigenvalue weighted by molar-refractivity contribution is 0.0997. The Bertz CT molecular complexity index is 464. The van der Waals surface area contributed by atoms with Gasteiger partial charge in [0.2, 0.25) is 0 Å². The summed E-state index contributed by atoms with van der Waals surface area (Å²) in [7, 11) is 0. The first kappa shape index (κ1) is 16.9. The van der Waals surface area contributed by atoms with E-state index in [4.69, 9.17) is 0 Å². The Morgan fingerprint density at radius 2 is 2.19 bits per heavy atom. The molecule has 1 N–H and O–H groups in total. The van der Waals surface area contributed by atoms with E-state index in [9.17, 15) is 4.39 Å². The molecule has 4 heteroatoms. The van der Waals surface area contributed by atoms with Gasteiger partial charge in [0.1, 0.15) is 5.82 Å². The maximum atomic E-state index is 13.4. The Labute approximate surface area is 136 Å². The van der Waals surface area contributed by atoms with E-state index in [0.717, 1.165) is 19.6 Å². The second-order valence-corrected chi connectivity index (χ2v) is 7.23. The molecule has 1 heterocycles. The molecule has 1 fully saturated rings. The summed E-state index contributed by atoms with van der Waals surface area (Å²) in [5.74, 6) is 0.444. The number of halogens is 2. The molecule has 2 nitrogen and oxygen atoms in total. The number of hydrogen-bond acceptors (Lipinski definition) is 2. The van der Waals surface area contributed by atoms with E-state index in [-0.39, 0.29) is 5.82 Å². The highest BCUT2D eigenvalue weighted by Crippen LogP contribution is 2.22. The second-order valence-electron chi connectivity index (χ2n) is 6.38. The van der Waals surface area contributed by atoms with Crippen molar-refractivity contribution in [1.29, 1.82) is 0 Å². The van der Waals surface area contributed by atoms with Crippen LogP contribution in [0.25, 0.3) is 0 Å². The first-order valence-corrected chi connectivity index (χ1v) is 8.72. The Hall–Kier alpha value is -0.450. The first-order valence-electron chi connectivity index (χ1n) is 7.92.